The topological polar surface area (TPSA) is 58.4 Å². The van der Waals surface area contributed by atoms with Gasteiger partial charge in [-0.2, -0.15) is 0 Å². The molecule has 0 unspecified atom stereocenters. The monoisotopic (exact) mass is 275 g/mol. The summed E-state index contributed by atoms with van der Waals surface area (Å²) < 4.78 is 0. The van der Waals surface area contributed by atoms with Crippen molar-refractivity contribution in [3.8, 4) is 0 Å². The molecule has 1 heterocycles. The Morgan fingerprint density at radius 2 is 1.90 bits per heavy atom. The minimum absolute atomic E-state index is 0.217. The van der Waals surface area contributed by atoms with Crippen LogP contribution in [0.4, 0.5) is 5.69 Å². The first-order valence-corrected chi connectivity index (χ1v) is 7.38. The number of benzene rings is 1. The van der Waals surface area contributed by atoms with Gasteiger partial charge < -0.3 is 16.0 Å². The summed E-state index contributed by atoms with van der Waals surface area (Å²) >= 11 is 0. The van der Waals surface area contributed by atoms with Crippen LogP contribution in [0.1, 0.15) is 26.7 Å². The Bertz CT molecular complexity index is 436. The van der Waals surface area contributed by atoms with Crippen LogP contribution in [0, 0.1) is 5.92 Å². The van der Waals surface area contributed by atoms with Crippen LogP contribution in [-0.4, -0.2) is 31.1 Å². The van der Waals surface area contributed by atoms with Crippen LogP contribution < -0.4 is 16.0 Å². The number of nitrogens with zero attached hydrogens (tertiary/aromatic N) is 1. The standard InChI is InChI=1S/C16H25N3O/c1-13(2)12-18-16(15(17)20)8-10-19(11-9-16)14-6-4-3-5-7-14/h3-7,13,18H,8-12H2,1-2H3,(H2,17,20). The smallest absolute Gasteiger partial charge is 0.237 e. The Labute approximate surface area is 121 Å². The Morgan fingerprint density at radius 3 is 2.40 bits per heavy atom. The summed E-state index contributed by atoms with van der Waals surface area (Å²) in [6.45, 7) is 6.83. The highest BCUT2D eigenvalue weighted by Gasteiger charge is 2.39. The second kappa shape index (κ2) is 6.27. The highest BCUT2D eigenvalue weighted by molar-refractivity contribution is 5.85. The SMILES string of the molecule is CC(C)CNC1(C(N)=O)CCN(c2ccccc2)CC1. The molecule has 1 aromatic carbocycles. The van der Waals surface area contributed by atoms with Crippen molar-refractivity contribution >= 4 is 11.6 Å². The predicted octanol–water partition coefficient (Wildman–Crippen LogP) is 1.76. The lowest BCUT2D eigenvalue weighted by molar-refractivity contribution is -0.125. The Kier molecular flexibility index (Phi) is 4.65. The molecule has 110 valence electrons. The van der Waals surface area contributed by atoms with Crippen molar-refractivity contribution in [3.63, 3.8) is 0 Å². The van der Waals surface area contributed by atoms with E-state index < -0.39 is 5.54 Å². The van der Waals surface area contributed by atoms with E-state index in [9.17, 15) is 4.79 Å². The lowest BCUT2D eigenvalue weighted by atomic mass is 9.86. The van der Waals surface area contributed by atoms with E-state index in [0.29, 0.717) is 5.92 Å². The molecular formula is C16H25N3O. The molecule has 1 aliphatic rings. The van der Waals surface area contributed by atoms with Gasteiger partial charge in [-0.1, -0.05) is 32.0 Å². The average molecular weight is 275 g/mol. The number of carbonyl (C=O) groups excluding carboxylic acids is 1. The van der Waals surface area contributed by atoms with Gasteiger partial charge in [0.1, 0.15) is 5.54 Å². The van der Waals surface area contributed by atoms with Crippen molar-refractivity contribution in [2.45, 2.75) is 32.2 Å². The second-order valence-corrected chi connectivity index (χ2v) is 6.04. The number of nitrogens with one attached hydrogen (secondary N) is 1. The van der Waals surface area contributed by atoms with Gasteiger partial charge in [-0.25, -0.2) is 0 Å². The van der Waals surface area contributed by atoms with Gasteiger partial charge >= 0.3 is 0 Å². The zero-order chi connectivity index (χ0) is 14.6. The number of nitrogens with two attached hydrogens (primary N) is 1. The molecule has 1 saturated heterocycles. The molecule has 0 bridgehead atoms. The van der Waals surface area contributed by atoms with Crippen LogP contribution in [0.5, 0.6) is 0 Å². The largest absolute Gasteiger partial charge is 0.371 e. The lowest BCUT2D eigenvalue weighted by Crippen LogP contribution is -2.61. The highest BCUT2D eigenvalue weighted by Crippen LogP contribution is 2.26. The molecule has 20 heavy (non-hydrogen) atoms. The fourth-order valence-electron chi connectivity index (χ4n) is 2.70. The van der Waals surface area contributed by atoms with Crippen molar-refractivity contribution in [1.29, 1.82) is 0 Å². The average Bonchev–Trinajstić information content (AvgIpc) is 2.46. The predicted molar refractivity (Wildman–Crippen MR) is 82.7 cm³/mol. The number of anilines is 1. The van der Waals surface area contributed by atoms with E-state index in [1.54, 1.807) is 0 Å². The van der Waals surface area contributed by atoms with Gasteiger partial charge in [-0.3, -0.25) is 4.79 Å². The summed E-state index contributed by atoms with van der Waals surface area (Å²) in [5, 5.41) is 3.40. The summed E-state index contributed by atoms with van der Waals surface area (Å²) in [7, 11) is 0. The van der Waals surface area contributed by atoms with Crippen molar-refractivity contribution in [1.82, 2.24) is 5.32 Å². The molecule has 0 atom stereocenters. The first kappa shape index (κ1) is 14.9. The first-order valence-electron chi connectivity index (χ1n) is 7.38. The van der Waals surface area contributed by atoms with E-state index in [2.05, 4.69) is 36.2 Å². The third-order valence-electron chi connectivity index (χ3n) is 4.06. The van der Waals surface area contributed by atoms with Crippen molar-refractivity contribution in [3.05, 3.63) is 30.3 Å². The molecular weight excluding hydrogens is 250 g/mol. The van der Waals surface area contributed by atoms with Crippen molar-refractivity contribution in [2.75, 3.05) is 24.5 Å². The third-order valence-corrected chi connectivity index (χ3v) is 4.06. The molecule has 1 aromatic rings. The van der Waals surface area contributed by atoms with Crippen LogP contribution in [-0.2, 0) is 4.79 Å². The fraction of sp³-hybridized carbons (Fsp3) is 0.562. The van der Waals surface area contributed by atoms with Crippen molar-refractivity contribution in [2.24, 2.45) is 11.7 Å². The minimum atomic E-state index is -0.532. The second-order valence-electron chi connectivity index (χ2n) is 6.04. The molecule has 1 aliphatic heterocycles. The molecule has 1 amide bonds. The maximum absolute atomic E-state index is 11.9. The fourth-order valence-corrected chi connectivity index (χ4v) is 2.70. The van der Waals surface area contributed by atoms with Gasteiger partial charge in [0, 0.05) is 18.8 Å². The Balaban J connectivity index is 2.01. The Hall–Kier alpha value is -1.55. The van der Waals surface area contributed by atoms with Crippen LogP contribution in [0.15, 0.2) is 30.3 Å². The summed E-state index contributed by atoms with van der Waals surface area (Å²) in [5.74, 6) is 0.296. The molecule has 0 aromatic heterocycles. The van der Waals surface area contributed by atoms with E-state index in [4.69, 9.17) is 5.73 Å². The Morgan fingerprint density at radius 1 is 1.30 bits per heavy atom. The molecule has 3 N–H and O–H groups in total. The first-order chi connectivity index (χ1) is 9.53. The van der Waals surface area contributed by atoms with Gasteiger partial charge in [-0.05, 0) is 37.4 Å². The number of primary amides is 1. The van der Waals surface area contributed by atoms with E-state index in [1.807, 2.05) is 18.2 Å². The van der Waals surface area contributed by atoms with Gasteiger partial charge in [0.2, 0.25) is 5.91 Å². The number of hydrogen-bond acceptors (Lipinski definition) is 3. The van der Waals surface area contributed by atoms with Gasteiger partial charge in [0.15, 0.2) is 0 Å². The van der Waals surface area contributed by atoms with Gasteiger partial charge in [0.25, 0.3) is 0 Å². The quantitative estimate of drug-likeness (QED) is 0.861. The van der Waals surface area contributed by atoms with Crippen LogP contribution in [0.25, 0.3) is 0 Å². The summed E-state index contributed by atoms with van der Waals surface area (Å²) in [6.07, 6.45) is 1.54. The molecule has 0 spiro atoms. The number of amides is 1. The number of rotatable bonds is 5. The molecule has 4 nitrogen and oxygen atoms in total. The van der Waals surface area contributed by atoms with E-state index in [-0.39, 0.29) is 5.91 Å². The maximum Gasteiger partial charge on any atom is 0.237 e. The normalized spacial score (nSPS) is 18.2. The summed E-state index contributed by atoms with van der Waals surface area (Å²) in [5.41, 5.74) is 6.34. The number of hydrogen-bond donors (Lipinski definition) is 2. The zero-order valence-corrected chi connectivity index (χ0v) is 12.4. The van der Waals surface area contributed by atoms with E-state index >= 15 is 0 Å². The zero-order valence-electron chi connectivity index (χ0n) is 12.4. The molecule has 4 heteroatoms. The molecule has 0 radical (unpaired) electrons. The van der Waals surface area contributed by atoms with Crippen molar-refractivity contribution < 1.29 is 4.79 Å². The molecule has 2 rings (SSSR count). The van der Waals surface area contributed by atoms with Crippen LogP contribution >= 0.6 is 0 Å². The molecule has 0 aliphatic carbocycles. The highest BCUT2D eigenvalue weighted by atomic mass is 16.1. The lowest BCUT2D eigenvalue weighted by Gasteiger charge is -2.41. The van der Waals surface area contributed by atoms with Crippen LogP contribution in [0.3, 0.4) is 0 Å². The number of piperidine rings is 1. The van der Waals surface area contributed by atoms with E-state index in [0.717, 1.165) is 32.5 Å². The summed E-state index contributed by atoms with van der Waals surface area (Å²) in [4.78, 5) is 14.2. The molecule has 0 saturated carbocycles. The number of para-hydroxylation sites is 1. The summed E-state index contributed by atoms with van der Waals surface area (Å²) in [6, 6.07) is 10.3. The number of carbonyl (C=O) groups is 1. The van der Waals surface area contributed by atoms with Gasteiger partial charge in [-0.15, -0.1) is 0 Å². The minimum Gasteiger partial charge on any atom is -0.371 e. The third kappa shape index (κ3) is 3.31. The van der Waals surface area contributed by atoms with E-state index in [1.165, 1.54) is 5.69 Å². The van der Waals surface area contributed by atoms with Crippen LogP contribution in [0.2, 0.25) is 0 Å². The molecule has 1 fully saturated rings. The maximum atomic E-state index is 11.9. The van der Waals surface area contributed by atoms with Gasteiger partial charge in [0.05, 0.1) is 0 Å².